The third-order valence-corrected chi connectivity index (χ3v) is 3.38. The van der Waals surface area contributed by atoms with Crippen LogP contribution in [0.25, 0.3) is 0 Å². The van der Waals surface area contributed by atoms with Crippen LogP contribution in [0.4, 0.5) is 5.69 Å². The summed E-state index contributed by atoms with van der Waals surface area (Å²) in [6.07, 6.45) is 1.06. The van der Waals surface area contributed by atoms with Gasteiger partial charge >= 0.3 is 0 Å². The molecule has 2 aromatic carbocycles. The van der Waals surface area contributed by atoms with Crippen LogP contribution < -0.4 is 10.7 Å². The SMILES string of the molecule is O=C(CNC(=O)c1ccc(Cl)cc1)N/N=C\c1cc([N+](=O)[O-])ccc1O. The first-order chi connectivity index (χ1) is 12.4. The summed E-state index contributed by atoms with van der Waals surface area (Å²) < 4.78 is 0. The fourth-order valence-corrected chi connectivity index (χ4v) is 1.96. The van der Waals surface area contributed by atoms with Crippen molar-refractivity contribution in [3.05, 3.63) is 68.7 Å². The van der Waals surface area contributed by atoms with Gasteiger partial charge in [0.15, 0.2) is 0 Å². The number of phenolic OH excluding ortho intramolecular Hbond substituents is 1. The number of amides is 2. The van der Waals surface area contributed by atoms with Gasteiger partial charge in [0, 0.05) is 28.3 Å². The van der Waals surface area contributed by atoms with Gasteiger partial charge in [0.2, 0.25) is 0 Å². The van der Waals surface area contributed by atoms with Gasteiger partial charge in [-0.05, 0) is 30.3 Å². The number of nitro groups is 1. The van der Waals surface area contributed by atoms with E-state index in [0.717, 1.165) is 24.4 Å². The summed E-state index contributed by atoms with van der Waals surface area (Å²) in [5, 5.41) is 26.8. The van der Waals surface area contributed by atoms with Gasteiger partial charge in [-0.2, -0.15) is 5.10 Å². The topological polar surface area (TPSA) is 134 Å². The molecule has 2 amide bonds. The lowest BCUT2D eigenvalue weighted by Gasteiger charge is -2.04. The minimum absolute atomic E-state index is 0.0599. The average Bonchev–Trinajstić information content (AvgIpc) is 2.61. The predicted molar refractivity (Wildman–Crippen MR) is 94.3 cm³/mol. The molecular weight excluding hydrogens is 364 g/mol. The second-order valence-electron chi connectivity index (χ2n) is 4.98. The molecule has 0 saturated carbocycles. The van der Waals surface area contributed by atoms with Crippen LogP contribution in [0.2, 0.25) is 5.02 Å². The molecule has 0 fully saturated rings. The van der Waals surface area contributed by atoms with E-state index in [1.165, 1.54) is 12.1 Å². The number of non-ortho nitro benzene ring substituents is 1. The molecule has 10 heteroatoms. The van der Waals surface area contributed by atoms with Gasteiger partial charge in [-0.15, -0.1) is 0 Å². The van der Waals surface area contributed by atoms with Crippen molar-refractivity contribution in [1.29, 1.82) is 0 Å². The maximum atomic E-state index is 11.8. The Morgan fingerprint density at radius 2 is 1.92 bits per heavy atom. The summed E-state index contributed by atoms with van der Waals surface area (Å²) in [4.78, 5) is 33.6. The van der Waals surface area contributed by atoms with Gasteiger partial charge in [0.05, 0.1) is 17.7 Å². The Morgan fingerprint density at radius 1 is 1.23 bits per heavy atom. The maximum absolute atomic E-state index is 11.8. The van der Waals surface area contributed by atoms with E-state index in [2.05, 4.69) is 15.8 Å². The molecule has 26 heavy (non-hydrogen) atoms. The molecule has 0 saturated heterocycles. The molecule has 0 aliphatic rings. The third-order valence-electron chi connectivity index (χ3n) is 3.13. The zero-order chi connectivity index (χ0) is 19.1. The van der Waals surface area contributed by atoms with Gasteiger partial charge < -0.3 is 10.4 Å². The lowest BCUT2D eigenvalue weighted by molar-refractivity contribution is -0.384. The number of phenols is 1. The summed E-state index contributed by atoms with van der Waals surface area (Å²) in [7, 11) is 0. The molecular formula is C16H13ClN4O5. The molecule has 3 N–H and O–H groups in total. The van der Waals surface area contributed by atoms with Crippen LogP contribution >= 0.6 is 11.6 Å². The number of rotatable bonds is 6. The van der Waals surface area contributed by atoms with E-state index in [9.17, 15) is 24.8 Å². The summed E-state index contributed by atoms with van der Waals surface area (Å²) in [6, 6.07) is 9.51. The van der Waals surface area contributed by atoms with Crippen molar-refractivity contribution in [3.8, 4) is 5.75 Å². The molecule has 2 aromatic rings. The van der Waals surface area contributed by atoms with E-state index in [0.29, 0.717) is 10.6 Å². The zero-order valence-electron chi connectivity index (χ0n) is 13.2. The molecule has 0 bridgehead atoms. The average molecular weight is 377 g/mol. The van der Waals surface area contributed by atoms with Crippen LogP contribution in [-0.2, 0) is 4.79 Å². The van der Waals surface area contributed by atoms with E-state index in [4.69, 9.17) is 11.6 Å². The molecule has 0 heterocycles. The Labute approximate surface area is 152 Å². The smallest absolute Gasteiger partial charge is 0.270 e. The molecule has 0 atom stereocenters. The van der Waals surface area contributed by atoms with Gasteiger partial charge in [-0.1, -0.05) is 11.6 Å². The van der Waals surface area contributed by atoms with Gasteiger partial charge in [0.25, 0.3) is 17.5 Å². The molecule has 9 nitrogen and oxygen atoms in total. The first-order valence-electron chi connectivity index (χ1n) is 7.20. The summed E-state index contributed by atoms with van der Waals surface area (Å²) in [6.45, 7) is -0.334. The zero-order valence-corrected chi connectivity index (χ0v) is 13.9. The molecule has 0 aliphatic heterocycles. The third kappa shape index (κ3) is 5.28. The predicted octanol–water partition coefficient (Wildman–Crippen LogP) is 1.83. The Hall–Kier alpha value is -3.46. The highest BCUT2D eigenvalue weighted by atomic mass is 35.5. The number of aromatic hydroxyl groups is 1. The first-order valence-corrected chi connectivity index (χ1v) is 7.57. The lowest BCUT2D eigenvalue weighted by Crippen LogP contribution is -2.34. The van der Waals surface area contributed by atoms with Crippen molar-refractivity contribution in [1.82, 2.24) is 10.7 Å². The second kappa shape index (κ2) is 8.58. The van der Waals surface area contributed by atoms with Gasteiger partial charge in [-0.25, -0.2) is 5.43 Å². The second-order valence-corrected chi connectivity index (χ2v) is 5.42. The Morgan fingerprint density at radius 3 is 2.58 bits per heavy atom. The number of nitro benzene ring substituents is 1. The first kappa shape index (κ1) is 18.9. The molecule has 134 valence electrons. The highest BCUT2D eigenvalue weighted by Crippen LogP contribution is 2.21. The van der Waals surface area contributed by atoms with Crippen molar-refractivity contribution in [2.24, 2.45) is 5.10 Å². The molecule has 0 radical (unpaired) electrons. The number of carbonyl (C=O) groups is 2. The van der Waals surface area contributed by atoms with E-state index in [-0.39, 0.29) is 23.5 Å². The van der Waals surface area contributed by atoms with Crippen LogP contribution in [0.3, 0.4) is 0 Å². The van der Waals surface area contributed by atoms with Crippen molar-refractivity contribution >= 4 is 35.3 Å². The van der Waals surface area contributed by atoms with Crippen LogP contribution in [0.1, 0.15) is 15.9 Å². The molecule has 0 spiro atoms. The van der Waals surface area contributed by atoms with Crippen molar-refractivity contribution in [2.75, 3.05) is 6.54 Å². The number of nitrogens with one attached hydrogen (secondary N) is 2. The highest BCUT2D eigenvalue weighted by Gasteiger charge is 2.10. The molecule has 0 aromatic heterocycles. The minimum atomic E-state index is -0.623. The standard InChI is InChI=1S/C16H13ClN4O5/c17-12-3-1-10(2-4-12)16(24)18-9-15(23)20-19-8-11-7-13(21(25)26)5-6-14(11)22/h1-8,22H,9H2,(H,18,24)(H,20,23)/b19-8-. The highest BCUT2D eigenvalue weighted by molar-refractivity contribution is 6.30. The van der Waals surface area contributed by atoms with E-state index < -0.39 is 16.7 Å². The van der Waals surface area contributed by atoms with Crippen LogP contribution in [0.15, 0.2) is 47.6 Å². The minimum Gasteiger partial charge on any atom is -0.507 e. The number of halogens is 1. The van der Waals surface area contributed by atoms with Crippen molar-refractivity contribution < 1.29 is 19.6 Å². The normalized spacial score (nSPS) is 10.5. The van der Waals surface area contributed by atoms with E-state index in [1.807, 2.05) is 0 Å². The molecule has 2 rings (SSSR count). The maximum Gasteiger partial charge on any atom is 0.270 e. The van der Waals surface area contributed by atoms with Crippen LogP contribution in [0, 0.1) is 10.1 Å². The number of hydrazone groups is 1. The van der Waals surface area contributed by atoms with Crippen LogP contribution in [-0.4, -0.2) is 34.6 Å². The lowest BCUT2D eigenvalue weighted by atomic mass is 10.2. The fraction of sp³-hybridized carbons (Fsp3) is 0.0625. The number of nitrogens with zero attached hydrogens (tertiary/aromatic N) is 2. The fourth-order valence-electron chi connectivity index (χ4n) is 1.84. The molecule has 0 unspecified atom stereocenters. The quantitative estimate of drug-likeness (QED) is 0.401. The Kier molecular flexibility index (Phi) is 6.23. The summed E-state index contributed by atoms with van der Waals surface area (Å²) >= 11 is 5.72. The van der Waals surface area contributed by atoms with Crippen molar-refractivity contribution in [3.63, 3.8) is 0 Å². The number of carbonyl (C=O) groups excluding carboxylic acids is 2. The molecule has 0 aliphatic carbocycles. The summed E-state index contributed by atoms with van der Waals surface area (Å²) in [5.41, 5.74) is 2.31. The Balaban J connectivity index is 1.87. The van der Waals surface area contributed by atoms with Gasteiger partial charge in [-0.3, -0.25) is 19.7 Å². The number of benzene rings is 2. The van der Waals surface area contributed by atoms with Gasteiger partial charge in [0.1, 0.15) is 5.75 Å². The van der Waals surface area contributed by atoms with Crippen LogP contribution in [0.5, 0.6) is 5.75 Å². The van der Waals surface area contributed by atoms with Crippen molar-refractivity contribution in [2.45, 2.75) is 0 Å². The van der Waals surface area contributed by atoms with E-state index in [1.54, 1.807) is 12.1 Å². The summed E-state index contributed by atoms with van der Waals surface area (Å²) in [5.74, 6) is -1.31. The van der Waals surface area contributed by atoms with E-state index >= 15 is 0 Å². The number of hydrogen-bond acceptors (Lipinski definition) is 6. The number of hydrogen-bond donors (Lipinski definition) is 3. The largest absolute Gasteiger partial charge is 0.507 e. The monoisotopic (exact) mass is 376 g/mol. The Bertz CT molecular complexity index is 867.